The van der Waals surface area contributed by atoms with E-state index in [-0.39, 0.29) is 40.7 Å². The average molecular weight is 333 g/mol. The Bertz CT molecular complexity index is 515. The number of hydrogen-bond donors (Lipinski definition) is 0. The van der Waals surface area contributed by atoms with Crippen LogP contribution in [0.25, 0.3) is 0 Å². The molecule has 19 heavy (non-hydrogen) atoms. The topological polar surface area (TPSA) is 63.0 Å². The summed E-state index contributed by atoms with van der Waals surface area (Å²) in [5, 5.41) is 9.18. The molecule has 0 aliphatic rings. The summed E-state index contributed by atoms with van der Waals surface area (Å²) in [7, 11) is 0. The normalized spacial score (nSPS) is 10.3. The molecule has 0 spiro atoms. The molecule has 0 fully saturated rings. The van der Waals surface area contributed by atoms with E-state index in [9.17, 15) is 13.6 Å². The van der Waals surface area contributed by atoms with Crippen molar-refractivity contribution in [2.24, 2.45) is 0 Å². The van der Waals surface area contributed by atoms with Crippen molar-refractivity contribution in [1.82, 2.24) is 4.98 Å². The standard InChI is InChI=1S/C12H11BrF2N2O2/c1-2-19-10(18)3-9-8(5-16)11(12(14)15)7(4-13)6-17-9/h6,12H,2-4H2,1H3. The molecular weight excluding hydrogens is 322 g/mol. The van der Waals surface area contributed by atoms with Crippen molar-refractivity contribution in [2.75, 3.05) is 6.61 Å². The zero-order chi connectivity index (χ0) is 14.4. The first-order valence-electron chi connectivity index (χ1n) is 5.45. The first kappa shape index (κ1) is 15.5. The van der Waals surface area contributed by atoms with Gasteiger partial charge >= 0.3 is 5.97 Å². The van der Waals surface area contributed by atoms with E-state index < -0.39 is 12.4 Å². The second-order valence-electron chi connectivity index (χ2n) is 3.55. The highest BCUT2D eigenvalue weighted by molar-refractivity contribution is 9.08. The number of nitrogens with zero attached hydrogens (tertiary/aromatic N) is 2. The molecule has 102 valence electrons. The number of nitriles is 1. The highest BCUT2D eigenvalue weighted by atomic mass is 79.9. The van der Waals surface area contributed by atoms with E-state index in [0.29, 0.717) is 0 Å². The number of carbonyl (C=O) groups is 1. The Hall–Kier alpha value is -1.55. The number of halogens is 3. The molecule has 7 heteroatoms. The lowest BCUT2D eigenvalue weighted by molar-refractivity contribution is -0.142. The number of hydrogen-bond acceptors (Lipinski definition) is 4. The summed E-state index contributed by atoms with van der Waals surface area (Å²) in [6.45, 7) is 1.82. The fourth-order valence-corrected chi connectivity index (χ4v) is 2.02. The molecule has 1 aromatic heterocycles. The summed E-state index contributed by atoms with van der Waals surface area (Å²) >= 11 is 3.07. The first-order chi connectivity index (χ1) is 9.04. The van der Waals surface area contributed by atoms with Crippen LogP contribution in [-0.2, 0) is 21.3 Å². The average Bonchev–Trinajstić information content (AvgIpc) is 2.38. The fourth-order valence-electron chi connectivity index (χ4n) is 1.57. The molecule has 0 unspecified atom stereocenters. The molecule has 1 rings (SSSR count). The molecule has 0 aromatic carbocycles. The van der Waals surface area contributed by atoms with Crippen LogP contribution in [0.5, 0.6) is 0 Å². The third-order valence-electron chi connectivity index (χ3n) is 2.37. The van der Waals surface area contributed by atoms with E-state index in [0.717, 1.165) is 0 Å². The van der Waals surface area contributed by atoms with Gasteiger partial charge in [0.1, 0.15) is 6.07 Å². The molecule has 0 atom stereocenters. The number of aromatic nitrogens is 1. The number of rotatable bonds is 5. The summed E-state index contributed by atoms with van der Waals surface area (Å²) in [6, 6.07) is 1.70. The van der Waals surface area contributed by atoms with Crippen LogP contribution in [0.3, 0.4) is 0 Å². The summed E-state index contributed by atoms with van der Waals surface area (Å²) in [6.07, 6.45) is -1.85. The summed E-state index contributed by atoms with van der Waals surface area (Å²) in [4.78, 5) is 15.2. The summed E-state index contributed by atoms with van der Waals surface area (Å²) in [5.74, 6) is -0.599. The van der Waals surface area contributed by atoms with Crippen LogP contribution in [-0.4, -0.2) is 17.6 Å². The molecular formula is C12H11BrF2N2O2. The molecule has 0 saturated carbocycles. The second-order valence-corrected chi connectivity index (χ2v) is 4.11. The van der Waals surface area contributed by atoms with Crippen molar-refractivity contribution in [3.63, 3.8) is 0 Å². The molecule has 1 heterocycles. The SMILES string of the molecule is CCOC(=O)Cc1ncc(CBr)c(C(F)F)c1C#N. The Kier molecular flexibility index (Phi) is 5.83. The Labute approximate surface area is 117 Å². The van der Waals surface area contributed by atoms with Gasteiger partial charge in [0.15, 0.2) is 0 Å². The Morgan fingerprint density at radius 1 is 1.63 bits per heavy atom. The van der Waals surface area contributed by atoms with Crippen molar-refractivity contribution in [1.29, 1.82) is 5.26 Å². The lowest BCUT2D eigenvalue weighted by atomic mass is 10.0. The van der Waals surface area contributed by atoms with Gasteiger partial charge in [0.2, 0.25) is 0 Å². The number of ether oxygens (including phenoxy) is 1. The van der Waals surface area contributed by atoms with Crippen LogP contribution in [0.1, 0.15) is 35.7 Å². The van der Waals surface area contributed by atoms with E-state index in [1.54, 1.807) is 13.0 Å². The van der Waals surface area contributed by atoms with Crippen LogP contribution >= 0.6 is 15.9 Å². The van der Waals surface area contributed by atoms with Gasteiger partial charge in [0, 0.05) is 17.1 Å². The van der Waals surface area contributed by atoms with Crippen molar-refractivity contribution >= 4 is 21.9 Å². The molecule has 0 radical (unpaired) electrons. The minimum atomic E-state index is -2.80. The molecule has 1 aromatic rings. The highest BCUT2D eigenvalue weighted by Gasteiger charge is 2.22. The number of pyridine rings is 1. The van der Waals surface area contributed by atoms with Crippen LogP contribution in [0, 0.1) is 11.3 Å². The van der Waals surface area contributed by atoms with E-state index in [4.69, 9.17) is 10.00 Å². The highest BCUT2D eigenvalue weighted by Crippen LogP contribution is 2.29. The lowest BCUT2D eigenvalue weighted by Gasteiger charge is -2.11. The predicted molar refractivity (Wildman–Crippen MR) is 66.9 cm³/mol. The predicted octanol–water partition coefficient (Wildman–Crippen LogP) is 2.89. The van der Waals surface area contributed by atoms with Gasteiger partial charge in [-0.3, -0.25) is 9.78 Å². The zero-order valence-corrected chi connectivity index (χ0v) is 11.7. The molecule has 0 aliphatic heterocycles. The quantitative estimate of drug-likeness (QED) is 0.614. The summed E-state index contributed by atoms with van der Waals surface area (Å²) in [5.41, 5.74) is -0.381. The molecule has 0 bridgehead atoms. The van der Waals surface area contributed by atoms with Gasteiger partial charge in [-0.05, 0) is 12.5 Å². The van der Waals surface area contributed by atoms with E-state index in [1.165, 1.54) is 6.20 Å². The van der Waals surface area contributed by atoms with Gasteiger partial charge in [-0.2, -0.15) is 5.26 Å². The van der Waals surface area contributed by atoms with Gasteiger partial charge in [-0.1, -0.05) is 15.9 Å². The van der Waals surface area contributed by atoms with Crippen LogP contribution in [0.2, 0.25) is 0 Å². The molecule has 0 N–H and O–H groups in total. The maximum absolute atomic E-state index is 13.0. The molecule has 0 saturated heterocycles. The van der Waals surface area contributed by atoms with E-state index in [1.807, 2.05) is 0 Å². The third-order valence-corrected chi connectivity index (χ3v) is 2.98. The number of esters is 1. The maximum atomic E-state index is 13.0. The summed E-state index contributed by atoms with van der Waals surface area (Å²) < 4.78 is 30.7. The van der Waals surface area contributed by atoms with Crippen LogP contribution in [0.4, 0.5) is 8.78 Å². The Morgan fingerprint density at radius 3 is 2.79 bits per heavy atom. The van der Waals surface area contributed by atoms with Gasteiger partial charge in [0.25, 0.3) is 6.43 Å². The third kappa shape index (κ3) is 3.70. The number of carbonyl (C=O) groups excluding carboxylic acids is 1. The van der Waals surface area contributed by atoms with E-state index >= 15 is 0 Å². The number of alkyl halides is 3. The van der Waals surface area contributed by atoms with Gasteiger partial charge in [0.05, 0.1) is 24.3 Å². The van der Waals surface area contributed by atoms with E-state index in [2.05, 4.69) is 20.9 Å². The van der Waals surface area contributed by atoms with Crippen molar-refractivity contribution < 1.29 is 18.3 Å². The van der Waals surface area contributed by atoms with Crippen molar-refractivity contribution in [3.8, 4) is 6.07 Å². The monoisotopic (exact) mass is 332 g/mol. The zero-order valence-electron chi connectivity index (χ0n) is 10.1. The van der Waals surface area contributed by atoms with Gasteiger partial charge in [-0.25, -0.2) is 8.78 Å². The molecule has 0 aliphatic carbocycles. The largest absolute Gasteiger partial charge is 0.466 e. The second kappa shape index (κ2) is 7.14. The smallest absolute Gasteiger partial charge is 0.311 e. The Morgan fingerprint density at radius 2 is 2.32 bits per heavy atom. The molecule has 0 amide bonds. The van der Waals surface area contributed by atoms with Gasteiger partial charge < -0.3 is 4.74 Å². The maximum Gasteiger partial charge on any atom is 0.311 e. The lowest BCUT2D eigenvalue weighted by Crippen LogP contribution is -2.12. The first-order valence-corrected chi connectivity index (χ1v) is 6.57. The van der Waals surface area contributed by atoms with Crippen LogP contribution < -0.4 is 0 Å². The van der Waals surface area contributed by atoms with Gasteiger partial charge in [-0.15, -0.1) is 0 Å². The van der Waals surface area contributed by atoms with Crippen molar-refractivity contribution in [3.05, 3.63) is 28.6 Å². The minimum absolute atomic E-state index is 0.0148. The van der Waals surface area contributed by atoms with Crippen LogP contribution in [0.15, 0.2) is 6.20 Å². The Balaban J connectivity index is 3.24. The fraction of sp³-hybridized carbons (Fsp3) is 0.417. The molecule has 4 nitrogen and oxygen atoms in total. The minimum Gasteiger partial charge on any atom is -0.466 e. The van der Waals surface area contributed by atoms with Crippen molar-refractivity contribution in [2.45, 2.75) is 25.1 Å².